The molecule has 0 bridgehead atoms. The summed E-state index contributed by atoms with van der Waals surface area (Å²) in [6, 6.07) is 20.9. The molecule has 24 heavy (non-hydrogen) atoms. The van der Waals surface area contributed by atoms with Gasteiger partial charge in [0.05, 0.1) is 12.7 Å². The van der Waals surface area contributed by atoms with Crippen molar-refractivity contribution in [1.29, 1.82) is 0 Å². The van der Waals surface area contributed by atoms with Crippen LogP contribution in [-0.2, 0) is 0 Å². The van der Waals surface area contributed by atoms with Gasteiger partial charge < -0.3 is 9.84 Å². The van der Waals surface area contributed by atoms with Crippen molar-refractivity contribution >= 4 is 21.9 Å². The molecule has 0 saturated heterocycles. The number of carbonyl (C=O) groups is 1. The molecular formula is C20H15BrO3. The highest BCUT2D eigenvalue weighted by atomic mass is 79.9. The number of carboxylic acids is 1. The van der Waals surface area contributed by atoms with Gasteiger partial charge in [0.25, 0.3) is 0 Å². The third-order valence-corrected chi connectivity index (χ3v) is 4.30. The molecule has 0 spiro atoms. The van der Waals surface area contributed by atoms with Gasteiger partial charge in [-0.05, 0) is 23.3 Å². The van der Waals surface area contributed by atoms with E-state index >= 15 is 0 Å². The number of halogens is 1. The van der Waals surface area contributed by atoms with Crippen LogP contribution in [0.4, 0.5) is 0 Å². The number of hydrogen-bond donors (Lipinski definition) is 1. The molecule has 0 atom stereocenters. The SMILES string of the molecule is COc1c(-c2ccccc2)cccc1-c1ccc(Br)cc1C(=O)O. The highest BCUT2D eigenvalue weighted by Gasteiger charge is 2.18. The number of hydrogen-bond acceptors (Lipinski definition) is 2. The molecule has 0 unspecified atom stereocenters. The zero-order valence-corrected chi connectivity index (χ0v) is 14.6. The molecule has 120 valence electrons. The van der Waals surface area contributed by atoms with Gasteiger partial charge in [0.1, 0.15) is 5.75 Å². The largest absolute Gasteiger partial charge is 0.495 e. The Labute approximate surface area is 148 Å². The maximum absolute atomic E-state index is 11.6. The fraction of sp³-hybridized carbons (Fsp3) is 0.0500. The van der Waals surface area contributed by atoms with Crippen LogP contribution in [0.3, 0.4) is 0 Å². The number of rotatable bonds is 4. The molecule has 0 aliphatic heterocycles. The minimum Gasteiger partial charge on any atom is -0.495 e. The monoisotopic (exact) mass is 382 g/mol. The molecule has 3 aromatic carbocycles. The van der Waals surface area contributed by atoms with E-state index in [4.69, 9.17) is 4.74 Å². The lowest BCUT2D eigenvalue weighted by Crippen LogP contribution is -2.01. The molecule has 0 aliphatic rings. The first-order valence-electron chi connectivity index (χ1n) is 7.37. The first kappa shape index (κ1) is 16.3. The Balaban J connectivity index is 2.26. The number of para-hydroxylation sites is 1. The molecule has 0 amide bonds. The molecule has 1 N–H and O–H groups in total. The van der Waals surface area contributed by atoms with E-state index in [1.54, 1.807) is 19.2 Å². The summed E-state index contributed by atoms with van der Waals surface area (Å²) in [7, 11) is 1.60. The van der Waals surface area contributed by atoms with Gasteiger partial charge in [-0.15, -0.1) is 0 Å². The summed E-state index contributed by atoms with van der Waals surface area (Å²) in [5, 5.41) is 9.54. The highest BCUT2D eigenvalue weighted by Crippen LogP contribution is 2.40. The Bertz CT molecular complexity index is 889. The second-order valence-electron chi connectivity index (χ2n) is 5.25. The van der Waals surface area contributed by atoms with Gasteiger partial charge >= 0.3 is 5.97 Å². The van der Waals surface area contributed by atoms with E-state index in [-0.39, 0.29) is 5.56 Å². The number of methoxy groups -OCH3 is 1. The third kappa shape index (κ3) is 3.05. The molecule has 3 nitrogen and oxygen atoms in total. The summed E-state index contributed by atoms with van der Waals surface area (Å²) < 4.78 is 6.37. The smallest absolute Gasteiger partial charge is 0.336 e. The van der Waals surface area contributed by atoms with Gasteiger partial charge in [0.15, 0.2) is 0 Å². The molecule has 0 radical (unpaired) electrons. The van der Waals surface area contributed by atoms with Crippen LogP contribution in [0.25, 0.3) is 22.3 Å². The summed E-state index contributed by atoms with van der Waals surface area (Å²) in [6.45, 7) is 0. The maximum Gasteiger partial charge on any atom is 0.336 e. The van der Waals surface area contributed by atoms with E-state index in [0.717, 1.165) is 21.2 Å². The van der Waals surface area contributed by atoms with E-state index in [1.807, 2.05) is 54.6 Å². The van der Waals surface area contributed by atoms with Crippen molar-refractivity contribution in [2.75, 3.05) is 7.11 Å². The minimum atomic E-state index is -0.974. The van der Waals surface area contributed by atoms with Gasteiger partial charge in [-0.25, -0.2) is 4.79 Å². The maximum atomic E-state index is 11.6. The van der Waals surface area contributed by atoms with Crippen LogP contribution in [0.1, 0.15) is 10.4 Å². The second-order valence-corrected chi connectivity index (χ2v) is 6.16. The topological polar surface area (TPSA) is 46.5 Å². The van der Waals surface area contributed by atoms with Crippen LogP contribution in [0.2, 0.25) is 0 Å². The first-order chi connectivity index (χ1) is 11.6. The van der Waals surface area contributed by atoms with Crippen LogP contribution < -0.4 is 4.74 Å². The van der Waals surface area contributed by atoms with Crippen LogP contribution in [0.15, 0.2) is 71.2 Å². The van der Waals surface area contributed by atoms with E-state index in [2.05, 4.69) is 15.9 Å². The fourth-order valence-corrected chi connectivity index (χ4v) is 3.10. The molecule has 3 rings (SSSR count). The van der Waals surface area contributed by atoms with Gasteiger partial charge in [0.2, 0.25) is 0 Å². The van der Waals surface area contributed by atoms with Crippen molar-refractivity contribution in [2.24, 2.45) is 0 Å². The Kier molecular flexibility index (Phi) is 4.67. The van der Waals surface area contributed by atoms with E-state index < -0.39 is 5.97 Å². The summed E-state index contributed by atoms with van der Waals surface area (Å²) in [5.41, 5.74) is 3.55. The van der Waals surface area contributed by atoms with E-state index in [9.17, 15) is 9.90 Å². The van der Waals surface area contributed by atoms with Crippen molar-refractivity contribution in [3.05, 3.63) is 76.8 Å². The van der Waals surface area contributed by atoms with Crippen molar-refractivity contribution < 1.29 is 14.6 Å². The van der Waals surface area contributed by atoms with Crippen molar-refractivity contribution in [1.82, 2.24) is 0 Å². The third-order valence-electron chi connectivity index (χ3n) is 3.81. The average molecular weight is 383 g/mol. The normalized spacial score (nSPS) is 10.4. The molecule has 3 aromatic rings. The van der Waals surface area contributed by atoms with Gasteiger partial charge in [0, 0.05) is 15.6 Å². The van der Waals surface area contributed by atoms with Crippen molar-refractivity contribution in [2.45, 2.75) is 0 Å². The first-order valence-corrected chi connectivity index (χ1v) is 8.16. The predicted molar refractivity (Wildman–Crippen MR) is 98.5 cm³/mol. The van der Waals surface area contributed by atoms with Gasteiger partial charge in [-0.3, -0.25) is 0 Å². The Morgan fingerprint density at radius 2 is 1.62 bits per heavy atom. The van der Waals surface area contributed by atoms with Crippen LogP contribution in [-0.4, -0.2) is 18.2 Å². The lowest BCUT2D eigenvalue weighted by atomic mass is 9.94. The highest BCUT2D eigenvalue weighted by molar-refractivity contribution is 9.10. The minimum absolute atomic E-state index is 0.230. The summed E-state index contributed by atoms with van der Waals surface area (Å²) >= 11 is 3.33. The number of aromatic carboxylic acids is 1. The Hall–Kier alpha value is -2.59. The second kappa shape index (κ2) is 6.89. The number of benzene rings is 3. The summed E-state index contributed by atoms with van der Waals surface area (Å²) in [4.78, 5) is 11.6. The quantitative estimate of drug-likeness (QED) is 0.648. The standard InChI is InChI=1S/C20H15BrO3/c1-24-19-15(13-6-3-2-4-7-13)8-5-9-17(19)16-11-10-14(21)12-18(16)20(22)23/h2-12H,1H3,(H,22,23). The molecule has 0 heterocycles. The average Bonchev–Trinajstić information content (AvgIpc) is 2.61. The van der Waals surface area contributed by atoms with Crippen molar-refractivity contribution in [3.63, 3.8) is 0 Å². The Morgan fingerprint density at radius 3 is 2.29 bits per heavy atom. The van der Waals surface area contributed by atoms with Gasteiger partial charge in [-0.2, -0.15) is 0 Å². The predicted octanol–water partition coefficient (Wildman–Crippen LogP) is 5.49. The molecule has 0 aromatic heterocycles. The summed E-state index contributed by atoms with van der Waals surface area (Å²) in [6.07, 6.45) is 0. The number of carboxylic acid groups (broad SMARTS) is 1. The zero-order chi connectivity index (χ0) is 17.1. The fourth-order valence-electron chi connectivity index (χ4n) is 2.74. The Morgan fingerprint density at radius 1 is 0.917 bits per heavy atom. The molecule has 0 aliphatic carbocycles. The summed E-state index contributed by atoms with van der Waals surface area (Å²) in [5.74, 6) is -0.313. The van der Waals surface area contributed by atoms with Crippen LogP contribution >= 0.6 is 15.9 Å². The van der Waals surface area contributed by atoms with E-state index in [0.29, 0.717) is 11.3 Å². The molecule has 4 heteroatoms. The zero-order valence-electron chi connectivity index (χ0n) is 13.0. The lowest BCUT2D eigenvalue weighted by Gasteiger charge is -2.15. The molecule has 0 saturated carbocycles. The molecule has 0 fully saturated rings. The molecular weight excluding hydrogens is 368 g/mol. The van der Waals surface area contributed by atoms with E-state index in [1.165, 1.54) is 0 Å². The van der Waals surface area contributed by atoms with Crippen LogP contribution in [0.5, 0.6) is 5.75 Å². The van der Waals surface area contributed by atoms with Crippen LogP contribution in [0, 0.1) is 0 Å². The lowest BCUT2D eigenvalue weighted by molar-refractivity contribution is 0.0697. The van der Waals surface area contributed by atoms with Crippen molar-refractivity contribution in [3.8, 4) is 28.0 Å². The van der Waals surface area contributed by atoms with Gasteiger partial charge in [-0.1, -0.05) is 70.5 Å². The number of ether oxygens (including phenoxy) is 1.